The van der Waals surface area contributed by atoms with Gasteiger partial charge in [0.05, 0.1) is 12.6 Å². The van der Waals surface area contributed by atoms with E-state index in [1.807, 2.05) is 0 Å². The Labute approximate surface area is 113 Å². The minimum absolute atomic E-state index is 0.386. The quantitative estimate of drug-likeness (QED) is 0.844. The number of hydrogen-bond donors (Lipinski definition) is 1. The summed E-state index contributed by atoms with van der Waals surface area (Å²) in [5, 5.41) is 2.10. The van der Waals surface area contributed by atoms with Crippen LogP contribution in [0.15, 0.2) is 11.4 Å². The van der Waals surface area contributed by atoms with Crippen molar-refractivity contribution in [1.82, 2.24) is 4.90 Å². The molecule has 0 aliphatic carbocycles. The summed E-state index contributed by atoms with van der Waals surface area (Å²) in [6.45, 7) is 3.58. The van der Waals surface area contributed by atoms with Gasteiger partial charge in [0, 0.05) is 30.6 Å². The molecule has 98 valence electrons. The average Bonchev–Trinajstić information content (AvgIpc) is 2.84. The molecular weight excluding hydrogens is 244 g/mol. The van der Waals surface area contributed by atoms with E-state index >= 15 is 0 Å². The van der Waals surface area contributed by atoms with Gasteiger partial charge in [-0.1, -0.05) is 11.8 Å². The fourth-order valence-corrected chi connectivity index (χ4v) is 3.14. The summed E-state index contributed by atoms with van der Waals surface area (Å²) in [6, 6.07) is 2.08. The molecule has 1 aliphatic heterocycles. The first-order chi connectivity index (χ1) is 8.83. The van der Waals surface area contributed by atoms with Crippen LogP contribution in [0.4, 0.5) is 0 Å². The van der Waals surface area contributed by atoms with Crippen LogP contribution in [0.1, 0.15) is 23.3 Å². The van der Waals surface area contributed by atoms with Crippen LogP contribution in [-0.4, -0.2) is 37.7 Å². The molecule has 1 aromatic rings. The first-order valence-electron chi connectivity index (χ1n) is 6.34. The van der Waals surface area contributed by atoms with Crippen LogP contribution < -0.4 is 5.73 Å². The van der Waals surface area contributed by atoms with Crippen molar-refractivity contribution in [3.8, 4) is 11.8 Å². The second-order valence-corrected chi connectivity index (χ2v) is 5.50. The van der Waals surface area contributed by atoms with Gasteiger partial charge in [0.2, 0.25) is 0 Å². The number of hydrogen-bond acceptors (Lipinski definition) is 4. The molecule has 2 heterocycles. The van der Waals surface area contributed by atoms with Gasteiger partial charge >= 0.3 is 0 Å². The molecule has 0 radical (unpaired) electrons. The third-order valence-electron chi connectivity index (χ3n) is 3.23. The van der Waals surface area contributed by atoms with Crippen molar-refractivity contribution in [2.75, 3.05) is 26.7 Å². The fourth-order valence-electron chi connectivity index (χ4n) is 2.27. The van der Waals surface area contributed by atoms with Gasteiger partial charge in [0.1, 0.15) is 0 Å². The van der Waals surface area contributed by atoms with E-state index in [0.29, 0.717) is 12.6 Å². The molecule has 1 aromatic heterocycles. The number of nitrogens with zero attached hydrogens (tertiary/aromatic N) is 1. The second kappa shape index (κ2) is 6.91. The van der Waals surface area contributed by atoms with E-state index in [2.05, 4.69) is 28.2 Å². The predicted octanol–water partition coefficient (Wildman–Crippen LogP) is 1.67. The zero-order valence-corrected chi connectivity index (χ0v) is 11.6. The molecule has 0 spiro atoms. The highest BCUT2D eigenvalue weighted by atomic mass is 32.1. The molecule has 0 amide bonds. The summed E-state index contributed by atoms with van der Waals surface area (Å²) in [7, 11) is 1.80. The smallest absolute Gasteiger partial charge is 0.0698 e. The van der Waals surface area contributed by atoms with E-state index in [1.54, 1.807) is 18.4 Å². The van der Waals surface area contributed by atoms with E-state index in [4.69, 9.17) is 10.5 Å². The minimum Gasteiger partial charge on any atom is -0.380 e. The highest BCUT2D eigenvalue weighted by Gasteiger charge is 2.20. The molecule has 2 rings (SSSR count). The summed E-state index contributed by atoms with van der Waals surface area (Å²) in [4.78, 5) is 3.80. The van der Waals surface area contributed by atoms with Crippen LogP contribution in [0.5, 0.6) is 0 Å². The van der Waals surface area contributed by atoms with Gasteiger partial charge < -0.3 is 10.5 Å². The molecule has 4 heteroatoms. The van der Waals surface area contributed by atoms with Gasteiger partial charge in [0.25, 0.3) is 0 Å². The number of thiophene rings is 1. The van der Waals surface area contributed by atoms with Crippen molar-refractivity contribution >= 4 is 11.3 Å². The molecule has 0 saturated carbocycles. The van der Waals surface area contributed by atoms with Gasteiger partial charge in [-0.3, -0.25) is 4.90 Å². The number of ether oxygens (including phenoxy) is 1. The van der Waals surface area contributed by atoms with Crippen molar-refractivity contribution in [3.05, 3.63) is 21.9 Å². The summed E-state index contributed by atoms with van der Waals surface area (Å²) in [5.74, 6) is 6.07. The Kier molecular flexibility index (Phi) is 5.21. The Morgan fingerprint density at radius 3 is 3.28 bits per heavy atom. The molecule has 1 fully saturated rings. The second-order valence-electron chi connectivity index (χ2n) is 4.50. The number of methoxy groups -OCH3 is 1. The maximum atomic E-state index is 5.45. The number of rotatable bonds is 3. The lowest BCUT2D eigenvalue weighted by molar-refractivity contribution is 0.0289. The molecule has 1 atom stereocenters. The Bertz CT molecular complexity index is 432. The Hall–Kier alpha value is -0.860. The molecule has 1 unspecified atom stereocenters. The maximum Gasteiger partial charge on any atom is 0.0698 e. The van der Waals surface area contributed by atoms with Gasteiger partial charge in [-0.05, 0) is 30.8 Å². The Morgan fingerprint density at radius 1 is 1.61 bits per heavy atom. The highest BCUT2D eigenvalue weighted by Crippen LogP contribution is 2.21. The number of piperidine rings is 1. The number of likely N-dealkylation sites (tertiary alicyclic amines) is 1. The Balaban J connectivity index is 1.98. The normalized spacial score (nSPS) is 20.4. The van der Waals surface area contributed by atoms with E-state index in [0.717, 1.165) is 25.2 Å². The van der Waals surface area contributed by atoms with Gasteiger partial charge in [0.15, 0.2) is 0 Å². The highest BCUT2D eigenvalue weighted by molar-refractivity contribution is 7.10. The molecule has 0 aromatic carbocycles. The van der Waals surface area contributed by atoms with Gasteiger partial charge in [-0.2, -0.15) is 0 Å². The van der Waals surface area contributed by atoms with Crippen LogP contribution >= 0.6 is 11.3 Å². The Morgan fingerprint density at radius 2 is 2.50 bits per heavy atom. The van der Waals surface area contributed by atoms with Gasteiger partial charge in [-0.25, -0.2) is 0 Å². The van der Waals surface area contributed by atoms with Gasteiger partial charge in [-0.15, -0.1) is 11.3 Å². The lowest BCUT2D eigenvalue weighted by atomic mass is 10.1. The van der Waals surface area contributed by atoms with Crippen molar-refractivity contribution < 1.29 is 4.74 Å². The lowest BCUT2D eigenvalue weighted by Crippen LogP contribution is -2.38. The topological polar surface area (TPSA) is 38.5 Å². The molecule has 1 aliphatic rings. The zero-order valence-electron chi connectivity index (χ0n) is 10.8. The van der Waals surface area contributed by atoms with Crippen molar-refractivity contribution in [2.24, 2.45) is 5.73 Å². The standard InChI is InChI=1S/C14H20N2OS/c1-17-13-5-3-8-16(10-13)11-14-12(4-2-7-15)6-9-18-14/h6,9,13H,3,5,7-8,10-11,15H2,1H3. The third-order valence-corrected chi connectivity index (χ3v) is 4.14. The first kappa shape index (κ1) is 13.6. The zero-order chi connectivity index (χ0) is 12.8. The number of nitrogens with two attached hydrogens (primary N) is 1. The van der Waals surface area contributed by atoms with E-state index in [9.17, 15) is 0 Å². The monoisotopic (exact) mass is 264 g/mol. The summed E-state index contributed by atoms with van der Waals surface area (Å²) >= 11 is 1.78. The minimum atomic E-state index is 0.386. The van der Waals surface area contributed by atoms with Crippen LogP contribution in [0.3, 0.4) is 0 Å². The van der Waals surface area contributed by atoms with Crippen LogP contribution in [0.25, 0.3) is 0 Å². The van der Waals surface area contributed by atoms with E-state index in [1.165, 1.54) is 17.7 Å². The average molecular weight is 264 g/mol. The van der Waals surface area contributed by atoms with Crippen LogP contribution in [0.2, 0.25) is 0 Å². The summed E-state index contributed by atoms with van der Waals surface area (Å²) in [6.07, 6.45) is 2.78. The largest absolute Gasteiger partial charge is 0.380 e. The van der Waals surface area contributed by atoms with Crippen molar-refractivity contribution in [2.45, 2.75) is 25.5 Å². The van der Waals surface area contributed by atoms with Crippen LogP contribution in [0, 0.1) is 11.8 Å². The summed E-state index contributed by atoms with van der Waals surface area (Å²) < 4.78 is 5.45. The SMILES string of the molecule is COC1CCCN(Cc2sccc2C#CCN)C1. The van der Waals surface area contributed by atoms with Crippen molar-refractivity contribution in [3.63, 3.8) is 0 Å². The summed E-state index contributed by atoms with van der Waals surface area (Å²) in [5.41, 5.74) is 6.55. The first-order valence-corrected chi connectivity index (χ1v) is 7.22. The van der Waals surface area contributed by atoms with E-state index < -0.39 is 0 Å². The third kappa shape index (κ3) is 3.56. The lowest BCUT2D eigenvalue weighted by Gasteiger charge is -2.31. The maximum absolute atomic E-state index is 5.45. The molecule has 18 heavy (non-hydrogen) atoms. The predicted molar refractivity (Wildman–Crippen MR) is 75.6 cm³/mol. The molecule has 1 saturated heterocycles. The van der Waals surface area contributed by atoms with Crippen molar-refractivity contribution in [1.29, 1.82) is 0 Å². The molecule has 0 bridgehead atoms. The molecular formula is C14H20N2OS. The molecule has 2 N–H and O–H groups in total. The molecule has 3 nitrogen and oxygen atoms in total. The fraction of sp³-hybridized carbons (Fsp3) is 0.571. The van der Waals surface area contributed by atoms with E-state index in [-0.39, 0.29) is 0 Å². The van der Waals surface area contributed by atoms with Crippen LogP contribution in [-0.2, 0) is 11.3 Å².